The van der Waals surface area contributed by atoms with E-state index in [2.05, 4.69) is 10.2 Å². The summed E-state index contributed by atoms with van der Waals surface area (Å²) in [5.74, 6) is -0.201. The minimum atomic E-state index is -1.50. The molecule has 0 spiro atoms. The monoisotopic (exact) mass is 510 g/mol. The molecule has 2 amide bonds. The topological polar surface area (TPSA) is 76.1 Å². The molecule has 3 saturated heterocycles. The molecule has 5 rings (SSSR count). The standard InChI is InChI=1S/C28H35ClN4O3/c1-28(36,20-7-3-2-4-8-20)27(35)32-15-11-23(12-16-32)33-18-22(19-33)30-21-9-10-24(25(29)17-21)26(34)31-13-5-6-14-31/h2-4,7-10,17,22-23,30,36H,5-6,11-16,18-19H2,1H3/t28-/m1/s1. The third-order valence-electron chi connectivity index (χ3n) is 7.89. The molecule has 3 heterocycles. The predicted molar refractivity (Wildman–Crippen MR) is 141 cm³/mol. The quantitative estimate of drug-likeness (QED) is 0.621. The maximum Gasteiger partial charge on any atom is 0.258 e. The number of carbonyl (C=O) groups is 2. The number of hydrogen-bond acceptors (Lipinski definition) is 5. The molecule has 2 N–H and O–H groups in total. The van der Waals surface area contributed by atoms with E-state index in [-0.39, 0.29) is 11.8 Å². The van der Waals surface area contributed by atoms with Crippen molar-refractivity contribution in [3.8, 4) is 0 Å². The first-order chi connectivity index (χ1) is 17.3. The molecular formula is C28H35ClN4O3. The number of hydrogen-bond donors (Lipinski definition) is 2. The molecule has 2 aromatic rings. The highest BCUT2D eigenvalue weighted by molar-refractivity contribution is 6.34. The molecule has 192 valence electrons. The van der Waals surface area contributed by atoms with Gasteiger partial charge in [-0.05, 0) is 56.4 Å². The second kappa shape index (κ2) is 10.4. The average molecular weight is 511 g/mol. The molecule has 8 heteroatoms. The second-order valence-electron chi connectivity index (χ2n) is 10.5. The van der Waals surface area contributed by atoms with Gasteiger partial charge in [-0.3, -0.25) is 14.5 Å². The van der Waals surface area contributed by atoms with Crippen molar-refractivity contribution in [1.82, 2.24) is 14.7 Å². The van der Waals surface area contributed by atoms with Crippen molar-refractivity contribution < 1.29 is 14.7 Å². The summed E-state index contributed by atoms with van der Waals surface area (Å²) in [7, 11) is 0. The molecule has 7 nitrogen and oxygen atoms in total. The van der Waals surface area contributed by atoms with Gasteiger partial charge in [0.2, 0.25) is 0 Å². The van der Waals surface area contributed by atoms with Crippen LogP contribution in [0.3, 0.4) is 0 Å². The van der Waals surface area contributed by atoms with Crippen LogP contribution in [0.4, 0.5) is 5.69 Å². The first-order valence-corrected chi connectivity index (χ1v) is 13.4. The zero-order valence-corrected chi connectivity index (χ0v) is 21.6. The zero-order chi connectivity index (χ0) is 25.3. The summed E-state index contributed by atoms with van der Waals surface area (Å²) >= 11 is 6.46. The van der Waals surface area contributed by atoms with Gasteiger partial charge in [0.05, 0.1) is 16.6 Å². The van der Waals surface area contributed by atoms with E-state index in [4.69, 9.17) is 11.6 Å². The van der Waals surface area contributed by atoms with Crippen molar-refractivity contribution in [2.45, 2.75) is 50.3 Å². The Morgan fingerprint density at radius 3 is 2.28 bits per heavy atom. The summed E-state index contributed by atoms with van der Waals surface area (Å²) in [5, 5.41) is 14.9. The lowest BCUT2D eigenvalue weighted by atomic mass is 9.92. The van der Waals surface area contributed by atoms with Crippen molar-refractivity contribution in [2.24, 2.45) is 0 Å². The van der Waals surface area contributed by atoms with Crippen LogP contribution >= 0.6 is 11.6 Å². The van der Waals surface area contributed by atoms with Gasteiger partial charge < -0.3 is 20.2 Å². The first-order valence-electron chi connectivity index (χ1n) is 13.0. The van der Waals surface area contributed by atoms with Gasteiger partial charge >= 0.3 is 0 Å². The van der Waals surface area contributed by atoms with E-state index in [0.29, 0.717) is 41.3 Å². The number of rotatable bonds is 6. The number of nitrogens with one attached hydrogen (secondary N) is 1. The number of benzene rings is 2. The van der Waals surface area contributed by atoms with Gasteiger partial charge in [-0.25, -0.2) is 0 Å². The lowest BCUT2D eigenvalue weighted by molar-refractivity contribution is -0.152. The van der Waals surface area contributed by atoms with Gasteiger partial charge in [-0.2, -0.15) is 0 Å². The van der Waals surface area contributed by atoms with E-state index in [9.17, 15) is 14.7 Å². The summed E-state index contributed by atoms with van der Waals surface area (Å²) in [6.45, 7) is 6.40. The Labute approximate surface area is 218 Å². The van der Waals surface area contributed by atoms with Crippen LogP contribution in [0, 0.1) is 0 Å². The molecule has 3 fully saturated rings. The SMILES string of the molecule is C[C@](O)(C(=O)N1CCC(N2CC(Nc3ccc(C(=O)N4CCCC4)c(Cl)c3)C2)CC1)c1ccccc1. The maximum absolute atomic E-state index is 13.0. The number of likely N-dealkylation sites (tertiary alicyclic amines) is 3. The number of aliphatic hydroxyl groups is 1. The fourth-order valence-electron chi connectivity index (χ4n) is 5.63. The van der Waals surface area contributed by atoms with Crippen molar-refractivity contribution in [2.75, 3.05) is 44.6 Å². The normalized spacial score (nSPS) is 21.2. The molecule has 0 aliphatic carbocycles. The highest BCUT2D eigenvalue weighted by atomic mass is 35.5. The van der Waals surface area contributed by atoms with E-state index in [1.807, 2.05) is 41.3 Å². The predicted octanol–water partition coefficient (Wildman–Crippen LogP) is 3.57. The first kappa shape index (κ1) is 25.1. The zero-order valence-electron chi connectivity index (χ0n) is 20.8. The molecule has 1 atom stereocenters. The summed E-state index contributed by atoms with van der Waals surface area (Å²) in [4.78, 5) is 31.8. The number of nitrogens with zero attached hydrogens (tertiary/aromatic N) is 3. The lowest BCUT2D eigenvalue weighted by Crippen LogP contribution is -2.61. The van der Waals surface area contributed by atoms with Crippen molar-refractivity contribution in [3.63, 3.8) is 0 Å². The number of piperidine rings is 1. The van der Waals surface area contributed by atoms with Gasteiger partial charge in [0.1, 0.15) is 0 Å². The fraction of sp³-hybridized carbons (Fsp3) is 0.500. The van der Waals surface area contributed by atoms with Gasteiger partial charge in [0.25, 0.3) is 11.8 Å². The van der Waals surface area contributed by atoms with E-state index in [1.54, 1.807) is 24.0 Å². The van der Waals surface area contributed by atoms with Crippen LogP contribution in [0.25, 0.3) is 0 Å². The van der Waals surface area contributed by atoms with Crippen molar-refractivity contribution >= 4 is 29.1 Å². The Morgan fingerprint density at radius 2 is 1.64 bits per heavy atom. The van der Waals surface area contributed by atoms with Crippen LogP contribution in [0.15, 0.2) is 48.5 Å². The Bertz CT molecular complexity index is 1090. The number of anilines is 1. The van der Waals surface area contributed by atoms with E-state index in [0.717, 1.165) is 57.5 Å². The summed E-state index contributed by atoms with van der Waals surface area (Å²) < 4.78 is 0. The molecule has 0 aromatic heterocycles. The van der Waals surface area contributed by atoms with Gasteiger partial charge in [-0.1, -0.05) is 41.9 Å². The molecule has 0 bridgehead atoms. The van der Waals surface area contributed by atoms with Gasteiger partial charge in [0, 0.05) is 51.0 Å². The van der Waals surface area contributed by atoms with Crippen molar-refractivity contribution in [1.29, 1.82) is 0 Å². The van der Waals surface area contributed by atoms with E-state index < -0.39 is 5.60 Å². The Balaban J connectivity index is 1.08. The highest BCUT2D eigenvalue weighted by Gasteiger charge is 2.40. The molecule has 3 aliphatic rings. The molecule has 0 unspecified atom stereocenters. The molecule has 0 saturated carbocycles. The highest BCUT2D eigenvalue weighted by Crippen LogP contribution is 2.29. The van der Waals surface area contributed by atoms with Crippen molar-refractivity contribution in [3.05, 3.63) is 64.7 Å². The molecule has 36 heavy (non-hydrogen) atoms. The third-order valence-corrected chi connectivity index (χ3v) is 8.21. The average Bonchev–Trinajstić information content (AvgIpc) is 3.41. The van der Waals surface area contributed by atoms with Crippen LogP contribution in [0.2, 0.25) is 5.02 Å². The maximum atomic E-state index is 13.0. The van der Waals surface area contributed by atoms with Crippen LogP contribution in [-0.2, 0) is 10.4 Å². The Kier molecular flexibility index (Phi) is 7.24. The largest absolute Gasteiger partial charge is 0.380 e. The molecular weight excluding hydrogens is 476 g/mol. The van der Waals surface area contributed by atoms with Crippen LogP contribution in [-0.4, -0.2) is 83.0 Å². The fourth-order valence-corrected chi connectivity index (χ4v) is 5.90. The van der Waals surface area contributed by atoms with E-state index in [1.165, 1.54) is 0 Å². The summed E-state index contributed by atoms with van der Waals surface area (Å²) in [6.07, 6.45) is 3.93. The van der Waals surface area contributed by atoms with Crippen LogP contribution < -0.4 is 5.32 Å². The van der Waals surface area contributed by atoms with Crippen LogP contribution in [0.1, 0.15) is 48.5 Å². The molecule has 2 aromatic carbocycles. The molecule has 3 aliphatic heterocycles. The Morgan fingerprint density at radius 1 is 0.972 bits per heavy atom. The lowest BCUT2D eigenvalue weighted by Gasteiger charge is -2.48. The van der Waals surface area contributed by atoms with E-state index >= 15 is 0 Å². The number of carbonyl (C=O) groups excluding carboxylic acids is 2. The second-order valence-corrected chi connectivity index (χ2v) is 10.9. The van der Waals surface area contributed by atoms with Crippen LogP contribution in [0.5, 0.6) is 0 Å². The number of amides is 2. The van der Waals surface area contributed by atoms with Gasteiger partial charge in [0.15, 0.2) is 5.60 Å². The minimum absolute atomic E-state index is 0.0222. The summed E-state index contributed by atoms with van der Waals surface area (Å²) in [6, 6.07) is 15.6. The van der Waals surface area contributed by atoms with Gasteiger partial charge in [-0.15, -0.1) is 0 Å². The molecule has 0 radical (unpaired) electrons. The third kappa shape index (κ3) is 5.10. The smallest absolute Gasteiger partial charge is 0.258 e. The number of halogens is 1. The minimum Gasteiger partial charge on any atom is -0.380 e. The Hall–Kier alpha value is -2.61. The summed E-state index contributed by atoms with van der Waals surface area (Å²) in [5.41, 5.74) is 0.635.